The van der Waals surface area contributed by atoms with Crippen molar-refractivity contribution in [3.05, 3.63) is 35.8 Å². The molecule has 1 aliphatic heterocycles. The van der Waals surface area contributed by atoms with Gasteiger partial charge in [0.2, 0.25) is 5.69 Å². The van der Waals surface area contributed by atoms with Crippen molar-refractivity contribution in [2.45, 2.75) is 6.42 Å². The first-order valence-electron chi connectivity index (χ1n) is 4.53. The zero-order valence-corrected chi connectivity index (χ0v) is 7.83. The summed E-state index contributed by atoms with van der Waals surface area (Å²) in [6.07, 6.45) is 2.70. The Hall–Kier alpha value is -1.48. The van der Waals surface area contributed by atoms with E-state index in [4.69, 9.17) is 5.73 Å². The number of hydrogen-bond donors (Lipinski definition) is 1. The van der Waals surface area contributed by atoms with E-state index >= 15 is 0 Å². The van der Waals surface area contributed by atoms with Crippen LogP contribution in [0, 0.1) is 5.82 Å². The smallest absolute Gasteiger partial charge is 0.220 e. The summed E-state index contributed by atoms with van der Waals surface area (Å²) >= 11 is 0. The largest absolute Gasteiger partial charge is 0.330 e. The highest BCUT2D eigenvalue weighted by atomic mass is 19.1. The second-order valence-electron chi connectivity index (χ2n) is 3.32. The molecule has 0 spiro atoms. The van der Waals surface area contributed by atoms with Gasteiger partial charge in [-0.25, -0.2) is 4.39 Å². The maximum atomic E-state index is 12.9. The minimum atomic E-state index is -0.236. The quantitative estimate of drug-likeness (QED) is 0.710. The molecule has 1 aliphatic rings. The molecule has 72 valence electrons. The first-order chi connectivity index (χ1) is 6.72. The minimum Gasteiger partial charge on any atom is -0.330 e. The van der Waals surface area contributed by atoms with Crippen molar-refractivity contribution in [2.75, 3.05) is 6.54 Å². The number of rotatable bonds is 2. The van der Waals surface area contributed by atoms with Crippen molar-refractivity contribution >= 4 is 18.0 Å². The molecule has 0 radical (unpaired) electrons. The fourth-order valence-corrected chi connectivity index (χ4v) is 1.70. The van der Waals surface area contributed by atoms with Crippen molar-refractivity contribution in [1.29, 1.82) is 0 Å². The highest BCUT2D eigenvalue weighted by molar-refractivity contribution is 5.76. The van der Waals surface area contributed by atoms with Gasteiger partial charge >= 0.3 is 0 Å². The second-order valence-corrected chi connectivity index (χ2v) is 3.32. The molecular formula is C11H12FN2+. The fraction of sp³-hybridized carbons (Fsp3) is 0.182. The topological polar surface area (TPSA) is 29.0 Å². The normalized spacial score (nSPS) is 14.1. The summed E-state index contributed by atoms with van der Waals surface area (Å²) in [5, 5.41) is 0. The maximum absolute atomic E-state index is 12.9. The zero-order valence-electron chi connectivity index (χ0n) is 7.83. The van der Waals surface area contributed by atoms with Crippen LogP contribution in [0.25, 0.3) is 5.57 Å². The molecule has 0 aliphatic carbocycles. The minimum absolute atomic E-state index is 0.236. The van der Waals surface area contributed by atoms with Crippen LogP contribution in [-0.2, 0) is 0 Å². The SMILES string of the molecule is C=[N+]1C=C(CCN)c2ccc(F)cc21. The molecule has 1 aromatic rings. The molecule has 2 nitrogen and oxygen atoms in total. The summed E-state index contributed by atoms with van der Waals surface area (Å²) < 4.78 is 14.6. The molecule has 14 heavy (non-hydrogen) atoms. The van der Waals surface area contributed by atoms with Gasteiger partial charge in [-0.3, -0.25) is 0 Å². The highest BCUT2D eigenvalue weighted by Gasteiger charge is 2.23. The average molecular weight is 191 g/mol. The number of halogens is 1. The van der Waals surface area contributed by atoms with Gasteiger partial charge in [-0.05, 0) is 25.1 Å². The number of benzene rings is 1. The molecule has 0 saturated carbocycles. The summed E-state index contributed by atoms with van der Waals surface area (Å²) in [5.41, 5.74) is 8.46. The fourth-order valence-electron chi connectivity index (χ4n) is 1.70. The van der Waals surface area contributed by atoms with Crippen LogP contribution in [0.15, 0.2) is 24.4 Å². The highest BCUT2D eigenvalue weighted by Crippen LogP contribution is 2.34. The molecule has 0 atom stereocenters. The summed E-state index contributed by atoms with van der Waals surface area (Å²) in [4.78, 5) is 0. The summed E-state index contributed by atoms with van der Waals surface area (Å²) in [7, 11) is 0. The molecule has 0 aromatic heterocycles. The third-order valence-electron chi connectivity index (χ3n) is 2.34. The van der Waals surface area contributed by atoms with E-state index in [1.54, 1.807) is 10.6 Å². The van der Waals surface area contributed by atoms with Crippen LogP contribution in [0.4, 0.5) is 10.1 Å². The monoisotopic (exact) mass is 191 g/mol. The Balaban J connectivity index is 2.47. The van der Waals surface area contributed by atoms with Gasteiger partial charge < -0.3 is 5.73 Å². The summed E-state index contributed by atoms with van der Waals surface area (Å²) in [6, 6.07) is 4.72. The lowest BCUT2D eigenvalue weighted by atomic mass is 10.0. The van der Waals surface area contributed by atoms with Crippen LogP contribution in [0.1, 0.15) is 12.0 Å². The molecule has 2 N–H and O–H groups in total. The molecule has 1 aromatic carbocycles. The molecule has 3 heteroatoms. The number of nitrogens with two attached hydrogens (primary N) is 1. The van der Waals surface area contributed by atoms with Gasteiger partial charge in [-0.15, -0.1) is 0 Å². The standard InChI is InChI=1S/C11H12FN2/c1-14-7-8(4-5-13)10-3-2-9(12)6-11(10)14/h2-3,6-7H,1,4-5,13H2/q+1. The molecule has 1 heterocycles. The Bertz CT molecular complexity index is 421. The molecule has 0 bridgehead atoms. The van der Waals surface area contributed by atoms with Crippen molar-refractivity contribution in [3.8, 4) is 0 Å². The predicted molar refractivity (Wildman–Crippen MR) is 55.1 cm³/mol. The van der Waals surface area contributed by atoms with Crippen molar-refractivity contribution in [2.24, 2.45) is 5.73 Å². The van der Waals surface area contributed by atoms with Crippen LogP contribution in [0.2, 0.25) is 0 Å². The Kier molecular flexibility index (Phi) is 2.17. The predicted octanol–water partition coefficient (Wildman–Crippen LogP) is 1.87. The van der Waals surface area contributed by atoms with E-state index in [9.17, 15) is 4.39 Å². The molecule has 0 amide bonds. The Labute approximate surface area is 82.2 Å². The van der Waals surface area contributed by atoms with E-state index in [0.717, 1.165) is 23.2 Å². The van der Waals surface area contributed by atoms with E-state index in [-0.39, 0.29) is 5.82 Å². The molecular weight excluding hydrogens is 179 g/mol. The lowest BCUT2D eigenvalue weighted by Crippen LogP contribution is -1.98. The van der Waals surface area contributed by atoms with Gasteiger partial charge in [0.05, 0.1) is 5.56 Å². The average Bonchev–Trinajstić information content (AvgIpc) is 2.44. The van der Waals surface area contributed by atoms with Crippen LogP contribution in [0.3, 0.4) is 0 Å². The van der Waals surface area contributed by atoms with Crippen LogP contribution in [0.5, 0.6) is 0 Å². The van der Waals surface area contributed by atoms with E-state index < -0.39 is 0 Å². The number of nitrogens with zero attached hydrogens (tertiary/aromatic N) is 1. The van der Waals surface area contributed by atoms with Crippen LogP contribution in [-0.4, -0.2) is 17.8 Å². The third-order valence-corrected chi connectivity index (χ3v) is 2.34. The number of hydrogen-bond acceptors (Lipinski definition) is 1. The molecule has 0 saturated heterocycles. The van der Waals surface area contributed by atoms with E-state index in [1.807, 2.05) is 6.20 Å². The van der Waals surface area contributed by atoms with Crippen molar-refractivity contribution in [1.82, 2.24) is 0 Å². The van der Waals surface area contributed by atoms with Crippen molar-refractivity contribution < 1.29 is 8.97 Å². The Morgan fingerprint density at radius 3 is 2.93 bits per heavy atom. The first kappa shape index (κ1) is 9.09. The molecule has 0 unspecified atom stereocenters. The van der Waals surface area contributed by atoms with Gasteiger partial charge in [0.15, 0.2) is 6.20 Å². The Morgan fingerprint density at radius 1 is 1.43 bits per heavy atom. The van der Waals surface area contributed by atoms with Gasteiger partial charge in [-0.2, -0.15) is 4.58 Å². The third kappa shape index (κ3) is 1.36. The lowest BCUT2D eigenvalue weighted by molar-refractivity contribution is -0.344. The van der Waals surface area contributed by atoms with Gasteiger partial charge in [-0.1, -0.05) is 0 Å². The lowest BCUT2D eigenvalue weighted by Gasteiger charge is -1.97. The van der Waals surface area contributed by atoms with E-state index in [1.165, 1.54) is 12.1 Å². The van der Waals surface area contributed by atoms with E-state index in [0.29, 0.717) is 6.54 Å². The zero-order chi connectivity index (χ0) is 10.1. The van der Waals surface area contributed by atoms with E-state index in [2.05, 4.69) is 6.72 Å². The first-order valence-corrected chi connectivity index (χ1v) is 4.53. The second kappa shape index (κ2) is 3.35. The van der Waals surface area contributed by atoms with Gasteiger partial charge in [0.25, 0.3) is 0 Å². The molecule has 2 rings (SSSR count). The van der Waals surface area contributed by atoms with Gasteiger partial charge in [0.1, 0.15) is 12.5 Å². The van der Waals surface area contributed by atoms with Gasteiger partial charge in [0, 0.05) is 11.6 Å². The maximum Gasteiger partial charge on any atom is 0.220 e. The van der Waals surface area contributed by atoms with Crippen molar-refractivity contribution in [3.63, 3.8) is 0 Å². The molecule has 0 fully saturated rings. The number of fused-ring (bicyclic) bond motifs is 1. The summed E-state index contributed by atoms with van der Waals surface area (Å²) in [5.74, 6) is -0.236. The van der Waals surface area contributed by atoms with Crippen LogP contribution < -0.4 is 5.73 Å². The van der Waals surface area contributed by atoms with Crippen LogP contribution >= 0.6 is 0 Å². The summed E-state index contributed by atoms with van der Waals surface area (Å²) in [6.45, 7) is 4.40. The Morgan fingerprint density at radius 2 is 2.21 bits per heavy atom.